The van der Waals surface area contributed by atoms with Crippen molar-refractivity contribution in [2.75, 3.05) is 5.32 Å². The van der Waals surface area contributed by atoms with E-state index in [1.807, 2.05) is 83.0 Å². The first-order valence-corrected chi connectivity index (χ1v) is 9.18. The lowest BCUT2D eigenvalue weighted by Crippen LogP contribution is -2.14. The first-order chi connectivity index (χ1) is 12.8. The maximum atomic E-state index is 12.3. The van der Waals surface area contributed by atoms with Crippen LogP contribution in [-0.2, 0) is 11.2 Å². The number of amides is 1. The molecule has 0 atom stereocenters. The predicted molar refractivity (Wildman–Crippen MR) is 106 cm³/mol. The summed E-state index contributed by atoms with van der Waals surface area (Å²) in [6.07, 6.45) is 6.13. The molecule has 2 aromatic carbocycles. The minimum absolute atomic E-state index is 0.0271. The van der Waals surface area contributed by atoms with Crippen LogP contribution in [-0.4, -0.2) is 15.5 Å². The van der Waals surface area contributed by atoms with Gasteiger partial charge in [-0.05, 0) is 54.1 Å². The third-order valence-corrected chi connectivity index (χ3v) is 4.87. The Kier molecular flexibility index (Phi) is 4.62. The summed E-state index contributed by atoms with van der Waals surface area (Å²) in [5.41, 5.74) is 3.91. The van der Waals surface area contributed by atoms with Gasteiger partial charge in [0.15, 0.2) is 0 Å². The molecule has 128 valence electrons. The molecule has 0 unspecified atom stereocenters. The van der Waals surface area contributed by atoms with Crippen molar-refractivity contribution in [1.29, 1.82) is 0 Å². The molecule has 0 bridgehead atoms. The molecule has 0 spiro atoms. The molecule has 0 aliphatic heterocycles. The summed E-state index contributed by atoms with van der Waals surface area (Å²) in [5, 5.41) is 5.87. The molecular formula is C21H17N3OS. The minimum atomic E-state index is -0.0271. The van der Waals surface area contributed by atoms with Crippen molar-refractivity contribution in [3.05, 3.63) is 90.2 Å². The van der Waals surface area contributed by atoms with Crippen LogP contribution in [0, 0.1) is 0 Å². The predicted octanol–water partition coefficient (Wildman–Crippen LogP) is 4.78. The molecule has 0 fully saturated rings. The quantitative estimate of drug-likeness (QED) is 0.557. The van der Waals surface area contributed by atoms with Crippen molar-refractivity contribution in [3.8, 4) is 16.3 Å². The fourth-order valence-electron chi connectivity index (χ4n) is 2.75. The van der Waals surface area contributed by atoms with Crippen LogP contribution in [0.3, 0.4) is 0 Å². The maximum absolute atomic E-state index is 12.3. The fraction of sp³-hybridized carbons (Fsp3) is 0.0476. The van der Waals surface area contributed by atoms with Crippen molar-refractivity contribution < 1.29 is 4.79 Å². The van der Waals surface area contributed by atoms with Gasteiger partial charge in [-0.15, -0.1) is 11.3 Å². The Morgan fingerprint density at radius 2 is 1.73 bits per heavy atom. The number of aromatic nitrogens is 2. The van der Waals surface area contributed by atoms with E-state index in [-0.39, 0.29) is 5.91 Å². The molecule has 0 aliphatic carbocycles. The Hall–Kier alpha value is -3.18. The third-order valence-electron chi connectivity index (χ3n) is 4.05. The molecule has 0 aliphatic rings. The summed E-state index contributed by atoms with van der Waals surface area (Å²) in [5.74, 6) is -0.0271. The third kappa shape index (κ3) is 3.73. The molecule has 0 saturated carbocycles. The van der Waals surface area contributed by atoms with Crippen molar-refractivity contribution in [2.45, 2.75) is 6.42 Å². The van der Waals surface area contributed by atoms with E-state index in [2.05, 4.69) is 10.3 Å². The summed E-state index contributed by atoms with van der Waals surface area (Å²) < 4.78 is 2.04. The highest BCUT2D eigenvalue weighted by molar-refractivity contribution is 7.13. The van der Waals surface area contributed by atoms with E-state index in [1.165, 1.54) is 0 Å². The number of rotatable bonds is 5. The van der Waals surface area contributed by atoms with Crippen molar-refractivity contribution >= 4 is 22.9 Å². The number of nitrogens with one attached hydrogen (secondary N) is 1. The van der Waals surface area contributed by atoms with E-state index in [0.29, 0.717) is 6.42 Å². The smallest absolute Gasteiger partial charge is 0.228 e. The zero-order valence-electron chi connectivity index (χ0n) is 14.0. The minimum Gasteiger partial charge on any atom is -0.326 e. The number of benzene rings is 2. The van der Waals surface area contributed by atoms with E-state index in [9.17, 15) is 4.79 Å². The summed E-state index contributed by atoms with van der Waals surface area (Å²) in [6, 6.07) is 19.7. The SMILES string of the molecule is O=C(Cc1ccc(-n2cccc2)cc1)Nc1ccc(-c2nccs2)cc1. The van der Waals surface area contributed by atoms with Crippen LogP contribution in [0.5, 0.6) is 0 Å². The van der Waals surface area contributed by atoms with Gasteiger partial charge in [-0.25, -0.2) is 4.98 Å². The van der Waals surface area contributed by atoms with Crippen LogP contribution in [0.1, 0.15) is 5.56 Å². The van der Waals surface area contributed by atoms with Crippen LogP contribution in [0.4, 0.5) is 5.69 Å². The second kappa shape index (κ2) is 7.37. The van der Waals surface area contributed by atoms with Gasteiger partial charge < -0.3 is 9.88 Å². The Labute approximate surface area is 155 Å². The molecule has 0 radical (unpaired) electrons. The van der Waals surface area contributed by atoms with Crippen LogP contribution in [0.25, 0.3) is 16.3 Å². The van der Waals surface area contributed by atoms with Crippen LogP contribution >= 0.6 is 11.3 Å². The van der Waals surface area contributed by atoms with Gasteiger partial charge >= 0.3 is 0 Å². The Morgan fingerprint density at radius 1 is 1.00 bits per heavy atom. The van der Waals surface area contributed by atoms with Crippen molar-refractivity contribution in [3.63, 3.8) is 0 Å². The molecule has 0 saturated heterocycles. The van der Waals surface area contributed by atoms with Gasteiger partial charge in [0, 0.05) is 40.9 Å². The van der Waals surface area contributed by atoms with Gasteiger partial charge in [0.2, 0.25) is 5.91 Å². The summed E-state index contributed by atoms with van der Waals surface area (Å²) in [4.78, 5) is 16.6. The largest absolute Gasteiger partial charge is 0.326 e. The number of carbonyl (C=O) groups excluding carboxylic acids is 1. The molecule has 26 heavy (non-hydrogen) atoms. The lowest BCUT2D eigenvalue weighted by atomic mass is 10.1. The van der Waals surface area contributed by atoms with E-state index in [1.54, 1.807) is 17.5 Å². The molecule has 2 aromatic heterocycles. The number of hydrogen-bond acceptors (Lipinski definition) is 3. The first kappa shape index (κ1) is 16.3. The molecule has 4 aromatic rings. The summed E-state index contributed by atoms with van der Waals surface area (Å²) in [7, 11) is 0. The second-order valence-corrected chi connectivity index (χ2v) is 6.79. The van der Waals surface area contributed by atoms with Crippen LogP contribution in [0.15, 0.2) is 84.6 Å². The van der Waals surface area contributed by atoms with Crippen LogP contribution < -0.4 is 5.32 Å². The number of nitrogens with zero attached hydrogens (tertiary/aromatic N) is 2. The highest BCUT2D eigenvalue weighted by Crippen LogP contribution is 2.23. The van der Waals surface area contributed by atoms with Gasteiger partial charge in [-0.2, -0.15) is 0 Å². The highest BCUT2D eigenvalue weighted by atomic mass is 32.1. The highest BCUT2D eigenvalue weighted by Gasteiger charge is 2.06. The Bertz CT molecular complexity index is 891. The van der Waals surface area contributed by atoms with Gasteiger partial charge in [0.1, 0.15) is 5.01 Å². The molecule has 1 N–H and O–H groups in total. The zero-order valence-corrected chi connectivity index (χ0v) is 14.8. The molecule has 2 heterocycles. The average molecular weight is 359 g/mol. The second-order valence-electron chi connectivity index (χ2n) is 5.90. The Balaban J connectivity index is 1.38. The lowest BCUT2D eigenvalue weighted by Gasteiger charge is -2.07. The molecule has 5 heteroatoms. The number of hydrogen-bond donors (Lipinski definition) is 1. The number of carbonyl (C=O) groups is 1. The van der Waals surface area contributed by atoms with E-state index < -0.39 is 0 Å². The van der Waals surface area contributed by atoms with Gasteiger partial charge in [-0.1, -0.05) is 12.1 Å². The zero-order chi connectivity index (χ0) is 17.8. The van der Waals surface area contributed by atoms with Crippen molar-refractivity contribution in [1.82, 2.24) is 9.55 Å². The summed E-state index contributed by atoms with van der Waals surface area (Å²) >= 11 is 1.60. The molecule has 4 rings (SSSR count). The molecule has 4 nitrogen and oxygen atoms in total. The maximum Gasteiger partial charge on any atom is 0.228 e. The lowest BCUT2D eigenvalue weighted by molar-refractivity contribution is -0.115. The fourth-order valence-corrected chi connectivity index (χ4v) is 3.39. The van der Waals surface area contributed by atoms with Crippen LogP contribution in [0.2, 0.25) is 0 Å². The molecular weight excluding hydrogens is 342 g/mol. The van der Waals surface area contributed by atoms with Gasteiger partial charge in [0.25, 0.3) is 0 Å². The van der Waals surface area contributed by atoms with Gasteiger partial charge in [-0.3, -0.25) is 4.79 Å². The normalized spacial score (nSPS) is 10.6. The first-order valence-electron chi connectivity index (χ1n) is 8.30. The standard InChI is InChI=1S/C21H17N3OS/c25-20(15-16-3-9-19(10-4-16)24-12-1-2-13-24)23-18-7-5-17(6-8-18)21-22-11-14-26-21/h1-14H,15H2,(H,23,25). The summed E-state index contributed by atoms with van der Waals surface area (Å²) in [6.45, 7) is 0. The number of thiazole rings is 1. The average Bonchev–Trinajstić information content (AvgIpc) is 3.37. The van der Waals surface area contributed by atoms with E-state index >= 15 is 0 Å². The van der Waals surface area contributed by atoms with E-state index in [4.69, 9.17) is 0 Å². The number of anilines is 1. The van der Waals surface area contributed by atoms with Crippen molar-refractivity contribution in [2.24, 2.45) is 0 Å². The topological polar surface area (TPSA) is 46.9 Å². The van der Waals surface area contributed by atoms with E-state index in [0.717, 1.165) is 27.5 Å². The van der Waals surface area contributed by atoms with Gasteiger partial charge in [0.05, 0.1) is 6.42 Å². The molecule has 1 amide bonds. The Morgan fingerprint density at radius 3 is 2.38 bits per heavy atom. The monoisotopic (exact) mass is 359 g/mol.